The first-order valence-corrected chi connectivity index (χ1v) is 4.21. The van der Waals surface area contributed by atoms with Crippen molar-refractivity contribution in [1.82, 2.24) is 4.90 Å². The van der Waals surface area contributed by atoms with Crippen LogP contribution in [0.15, 0.2) is 0 Å². The molecule has 1 heterocycles. The normalized spacial score (nSPS) is 30.4. The van der Waals surface area contributed by atoms with Gasteiger partial charge in [0.2, 0.25) is 0 Å². The monoisotopic (exact) mass is 191 g/mol. The van der Waals surface area contributed by atoms with E-state index in [1.807, 2.05) is 0 Å². The minimum Gasteiger partial charge on any atom is -0.289 e. The van der Waals surface area contributed by atoms with Gasteiger partial charge in [-0.05, 0) is 13.3 Å². The van der Waals surface area contributed by atoms with Crippen LogP contribution in [-0.2, 0) is 0 Å². The summed E-state index contributed by atoms with van der Waals surface area (Å²) in [6.45, 7) is 2.35. The Morgan fingerprint density at radius 1 is 1.54 bits per heavy atom. The number of hydrogen-bond acceptors (Lipinski definition) is 1. The van der Waals surface area contributed by atoms with Crippen LogP contribution in [0.2, 0.25) is 0 Å². The molecule has 2 atom stereocenters. The van der Waals surface area contributed by atoms with Crippen molar-refractivity contribution in [3.05, 3.63) is 0 Å². The zero-order valence-corrected chi connectivity index (χ0v) is 7.43. The van der Waals surface area contributed by atoms with E-state index in [0.717, 1.165) is 0 Å². The number of alkyl halides is 3. The number of nitrogens with zero attached hydrogens (tertiary/aromatic N) is 1. The molecule has 1 aliphatic heterocycles. The van der Waals surface area contributed by atoms with Gasteiger partial charge in [0.15, 0.2) is 0 Å². The second kappa shape index (κ2) is 3.59. The molecule has 1 aliphatic rings. The van der Waals surface area contributed by atoms with Crippen LogP contribution in [0.5, 0.6) is 0 Å². The van der Waals surface area contributed by atoms with Gasteiger partial charge in [0.25, 0.3) is 0 Å². The molecule has 0 amide bonds. The molecule has 2 unspecified atom stereocenters. The van der Waals surface area contributed by atoms with Crippen LogP contribution in [0.3, 0.4) is 0 Å². The highest BCUT2D eigenvalue weighted by molar-refractivity contribution is 4.95. The van der Waals surface area contributed by atoms with Gasteiger partial charge < -0.3 is 0 Å². The summed E-state index contributed by atoms with van der Waals surface area (Å²) in [7, 11) is 0. The predicted octanol–water partition coefficient (Wildman–Crippen LogP) is 1.89. The number of rotatable bonds is 1. The average molecular weight is 191 g/mol. The van der Waals surface area contributed by atoms with Gasteiger partial charge >= 0.3 is 6.18 Å². The second-order valence-electron chi connectivity index (χ2n) is 3.35. The van der Waals surface area contributed by atoms with Crippen molar-refractivity contribution in [2.24, 2.45) is 5.92 Å². The maximum Gasteiger partial charge on any atom is 0.393 e. The Bertz CT molecular complexity index is 216. The summed E-state index contributed by atoms with van der Waals surface area (Å²) in [6.07, 6.45) is 1.14. The molecule has 0 bridgehead atoms. The summed E-state index contributed by atoms with van der Waals surface area (Å²) in [5, 5.41) is 0. The molecular formula is C9H12F3N. The second-order valence-corrected chi connectivity index (χ2v) is 3.35. The van der Waals surface area contributed by atoms with Crippen molar-refractivity contribution in [1.29, 1.82) is 0 Å². The summed E-state index contributed by atoms with van der Waals surface area (Å²) >= 11 is 0. The van der Waals surface area contributed by atoms with Crippen LogP contribution in [0.1, 0.15) is 13.3 Å². The van der Waals surface area contributed by atoms with Gasteiger partial charge in [-0.25, -0.2) is 0 Å². The molecular weight excluding hydrogens is 179 g/mol. The molecule has 1 fully saturated rings. The molecule has 1 rings (SSSR count). The van der Waals surface area contributed by atoms with E-state index in [-0.39, 0.29) is 6.42 Å². The van der Waals surface area contributed by atoms with Crippen LogP contribution in [0.25, 0.3) is 0 Å². The van der Waals surface area contributed by atoms with E-state index in [2.05, 4.69) is 5.92 Å². The third-order valence-electron chi connectivity index (χ3n) is 2.60. The summed E-state index contributed by atoms with van der Waals surface area (Å²) in [5.74, 6) is 1.16. The fraction of sp³-hybridized carbons (Fsp3) is 0.778. The van der Waals surface area contributed by atoms with Crippen LogP contribution in [-0.4, -0.2) is 30.2 Å². The van der Waals surface area contributed by atoms with Crippen molar-refractivity contribution in [2.45, 2.75) is 25.6 Å². The number of likely N-dealkylation sites (tertiary alicyclic amines) is 1. The third kappa shape index (κ3) is 2.16. The molecule has 0 N–H and O–H groups in total. The minimum absolute atomic E-state index is 0.173. The van der Waals surface area contributed by atoms with E-state index in [1.54, 1.807) is 11.8 Å². The molecule has 74 valence electrons. The first-order chi connectivity index (χ1) is 5.96. The van der Waals surface area contributed by atoms with Crippen molar-refractivity contribution >= 4 is 0 Å². The average Bonchev–Trinajstić information content (AvgIpc) is 2.32. The Balaban J connectivity index is 2.61. The summed E-state index contributed by atoms with van der Waals surface area (Å²) in [4.78, 5) is 1.69. The number of terminal acetylenes is 1. The van der Waals surface area contributed by atoms with Crippen molar-refractivity contribution in [2.75, 3.05) is 13.1 Å². The van der Waals surface area contributed by atoms with Crippen molar-refractivity contribution in [3.63, 3.8) is 0 Å². The predicted molar refractivity (Wildman–Crippen MR) is 44.0 cm³/mol. The largest absolute Gasteiger partial charge is 0.393 e. The minimum atomic E-state index is -4.08. The molecule has 4 heteroatoms. The lowest BCUT2D eigenvalue weighted by Crippen LogP contribution is -2.36. The third-order valence-corrected chi connectivity index (χ3v) is 2.60. The van der Waals surface area contributed by atoms with Gasteiger partial charge in [-0.3, -0.25) is 4.90 Å². The topological polar surface area (TPSA) is 3.24 Å². The van der Waals surface area contributed by atoms with Crippen LogP contribution >= 0.6 is 0 Å². The van der Waals surface area contributed by atoms with Gasteiger partial charge in [0.1, 0.15) is 0 Å². The molecule has 0 spiro atoms. The van der Waals surface area contributed by atoms with Crippen LogP contribution in [0, 0.1) is 18.3 Å². The molecule has 1 nitrogen and oxygen atoms in total. The highest BCUT2D eigenvalue weighted by atomic mass is 19.4. The van der Waals surface area contributed by atoms with Crippen molar-refractivity contribution < 1.29 is 13.2 Å². The van der Waals surface area contributed by atoms with E-state index in [1.165, 1.54) is 0 Å². The molecule has 1 saturated heterocycles. The van der Waals surface area contributed by atoms with Gasteiger partial charge in [-0.2, -0.15) is 13.2 Å². The van der Waals surface area contributed by atoms with E-state index >= 15 is 0 Å². The quantitative estimate of drug-likeness (QED) is 0.572. The summed E-state index contributed by atoms with van der Waals surface area (Å²) < 4.78 is 37.0. The van der Waals surface area contributed by atoms with Gasteiger partial charge in [-0.1, -0.05) is 5.92 Å². The Morgan fingerprint density at radius 2 is 2.15 bits per heavy atom. The molecule has 13 heavy (non-hydrogen) atoms. The molecule has 0 radical (unpaired) electrons. The SMILES string of the molecule is C#CCN1CCC(C(F)(F)F)C1C. The van der Waals surface area contributed by atoms with Crippen LogP contribution < -0.4 is 0 Å². The first-order valence-electron chi connectivity index (χ1n) is 4.21. The molecule has 0 aromatic rings. The number of halogens is 3. The lowest BCUT2D eigenvalue weighted by Gasteiger charge is -2.24. The number of hydrogen-bond donors (Lipinski definition) is 0. The highest BCUT2D eigenvalue weighted by Gasteiger charge is 2.47. The standard InChI is InChI=1S/C9H12F3N/c1-3-5-13-6-4-8(7(13)2)9(10,11)12/h1,7-8H,4-6H2,2H3. The Morgan fingerprint density at radius 3 is 2.54 bits per heavy atom. The van der Waals surface area contributed by atoms with Crippen LogP contribution in [0.4, 0.5) is 13.2 Å². The van der Waals surface area contributed by atoms with Gasteiger partial charge in [0.05, 0.1) is 12.5 Å². The summed E-state index contributed by atoms with van der Waals surface area (Å²) in [6, 6.07) is -0.476. The lowest BCUT2D eigenvalue weighted by molar-refractivity contribution is -0.178. The van der Waals surface area contributed by atoms with E-state index in [0.29, 0.717) is 13.1 Å². The maximum atomic E-state index is 12.3. The molecule has 0 aliphatic carbocycles. The lowest BCUT2D eigenvalue weighted by atomic mass is 10.0. The zero-order chi connectivity index (χ0) is 10.1. The fourth-order valence-electron chi connectivity index (χ4n) is 1.78. The van der Waals surface area contributed by atoms with Crippen molar-refractivity contribution in [3.8, 4) is 12.3 Å². The van der Waals surface area contributed by atoms with Gasteiger partial charge in [-0.15, -0.1) is 6.42 Å². The molecule has 0 aromatic carbocycles. The van der Waals surface area contributed by atoms with Gasteiger partial charge in [0, 0.05) is 12.6 Å². The van der Waals surface area contributed by atoms with E-state index in [9.17, 15) is 13.2 Å². The molecule has 0 saturated carbocycles. The first kappa shape index (κ1) is 10.4. The zero-order valence-electron chi connectivity index (χ0n) is 7.43. The Kier molecular flexibility index (Phi) is 2.87. The highest BCUT2D eigenvalue weighted by Crippen LogP contribution is 2.37. The smallest absolute Gasteiger partial charge is 0.289 e. The van der Waals surface area contributed by atoms with E-state index in [4.69, 9.17) is 6.42 Å². The fourth-order valence-corrected chi connectivity index (χ4v) is 1.78. The van der Waals surface area contributed by atoms with E-state index < -0.39 is 18.1 Å². The Hall–Kier alpha value is -0.690. The Labute approximate surface area is 75.9 Å². The maximum absolute atomic E-state index is 12.3. The summed E-state index contributed by atoms with van der Waals surface area (Å²) in [5.41, 5.74) is 0. The molecule has 0 aromatic heterocycles.